The number of alkyl halides is 3. The average molecular weight is 291 g/mol. The van der Waals surface area contributed by atoms with Crippen molar-refractivity contribution >= 4 is 6.03 Å². The molecule has 1 heterocycles. The fourth-order valence-corrected chi connectivity index (χ4v) is 2.02. The monoisotopic (exact) mass is 291 g/mol. The molecule has 5 nitrogen and oxygen atoms in total. The molecule has 2 N–H and O–H groups in total. The van der Waals surface area contributed by atoms with Crippen LogP contribution < -0.4 is 10.6 Å². The van der Waals surface area contributed by atoms with Crippen LogP contribution in [0.1, 0.15) is 37.8 Å². The van der Waals surface area contributed by atoms with Gasteiger partial charge in [0.1, 0.15) is 11.3 Å². The van der Waals surface area contributed by atoms with Gasteiger partial charge in [-0.1, -0.05) is 6.92 Å². The second-order valence-electron chi connectivity index (χ2n) is 4.81. The van der Waals surface area contributed by atoms with E-state index in [0.717, 1.165) is 0 Å². The van der Waals surface area contributed by atoms with E-state index in [2.05, 4.69) is 10.3 Å². The summed E-state index contributed by atoms with van der Waals surface area (Å²) < 4.78 is 43.8. The summed E-state index contributed by atoms with van der Waals surface area (Å²) in [5.41, 5.74) is -2.08. The van der Waals surface area contributed by atoms with Crippen molar-refractivity contribution in [2.75, 3.05) is 0 Å². The maximum Gasteiger partial charge on any atom is 0.411 e. The van der Waals surface area contributed by atoms with E-state index < -0.39 is 17.7 Å². The third-order valence-corrected chi connectivity index (χ3v) is 3.45. The molecule has 1 fully saturated rings. The number of nitrogens with zero attached hydrogens (tertiary/aromatic N) is 1. The summed E-state index contributed by atoms with van der Waals surface area (Å²) in [7, 11) is 0. The largest absolute Gasteiger partial charge is 0.444 e. The van der Waals surface area contributed by atoms with Crippen LogP contribution in [0, 0.1) is 0 Å². The number of aryl methyl sites for hydroxylation is 1. The van der Waals surface area contributed by atoms with Gasteiger partial charge in [-0.05, 0) is 19.3 Å². The van der Waals surface area contributed by atoms with Crippen molar-refractivity contribution in [1.29, 1.82) is 0 Å². The van der Waals surface area contributed by atoms with Crippen LogP contribution in [0.3, 0.4) is 0 Å². The highest BCUT2D eigenvalue weighted by Gasteiger charge is 2.59. The van der Waals surface area contributed by atoms with Crippen molar-refractivity contribution in [2.45, 2.75) is 50.9 Å². The van der Waals surface area contributed by atoms with Crippen LogP contribution in [0.15, 0.2) is 10.6 Å². The lowest BCUT2D eigenvalue weighted by atomic mass is 9.76. The summed E-state index contributed by atoms with van der Waals surface area (Å²) in [5, 5.41) is 4.34. The van der Waals surface area contributed by atoms with Gasteiger partial charge >= 0.3 is 12.2 Å². The van der Waals surface area contributed by atoms with Gasteiger partial charge in [0.2, 0.25) is 5.89 Å². The Hall–Kier alpha value is -1.73. The Bertz CT molecular complexity index is 481. The molecule has 0 bridgehead atoms. The van der Waals surface area contributed by atoms with Crippen LogP contribution in [-0.2, 0) is 13.0 Å². The zero-order valence-electron chi connectivity index (χ0n) is 11.0. The first-order valence-corrected chi connectivity index (χ1v) is 6.42. The zero-order chi connectivity index (χ0) is 14.8. The van der Waals surface area contributed by atoms with E-state index in [1.807, 2.05) is 12.2 Å². The molecule has 1 aromatic rings. The quantitative estimate of drug-likeness (QED) is 0.895. The Morgan fingerprint density at radius 2 is 2.20 bits per heavy atom. The number of oxazole rings is 1. The van der Waals surface area contributed by atoms with E-state index in [-0.39, 0.29) is 25.3 Å². The number of carbonyl (C=O) groups is 1. The Morgan fingerprint density at radius 3 is 2.65 bits per heavy atom. The average Bonchev–Trinajstić information content (AvgIpc) is 2.77. The lowest BCUT2D eigenvalue weighted by Crippen LogP contribution is -2.64. The molecule has 0 saturated heterocycles. The predicted octanol–water partition coefficient (Wildman–Crippen LogP) is 2.52. The minimum absolute atomic E-state index is 0.0419. The fraction of sp³-hybridized carbons (Fsp3) is 0.667. The van der Waals surface area contributed by atoms with Crippen LogP contribution in [-0.4, -0.2) is 22.7 Å². The summed E-state index contributed by atoms with van der Waals surface area (Å²) in [6.07, 6.45) is -1.94. The standard InChI is InChI=1S/C12H16F3N3O2/c1-2-8-6-16-9(20-8)7-17-10(19)18-11(4-3-5-11)12(13,14)15/h6H,2-5,7H2,1H3,(H2,17,18,19). The van der Waals surface area contributed by atoms with Gasteiger partial charge in [0.05, 0.1) is 12.7 Å². The number of hydrogen-bond acceptors (Lipinski definition) is 3. The molecular formula is C12H16F3N3O2. The van der Waals surface area contributed by atoms with E-state index in [1.165, 1.54) is 6.20 Å². The van der Waals surface area contributed by atoms with Crippen LogP contribution in [0.2, 0.25) is 0 Å². The van der Waals surface area contributed by atoms with Crippen LogP contribution >= 0.6 is 0 Å². The van der Waals surface area contributed by atoms with Crippen molar-refractivity contribution < 1.29 is 22.4 Å². The third kappa shape index (κ3) is 2.88. The number of rotatable bonds is 4. The summed E-state index contributed by atoms with van der Waals surface area (Å²) >= 11 is 0. The molecule has 2 rings (SSSR count). The van der Waals surface area contributed by atoms with E-state index >= 15 is 0 Å². The second-order valence-corrected chi connectivity index (χ2v) is 4.81. The van der Waals surface area contributed by atoms with E-state index in [1.54, 1.807) is 0 Å². The first-order valence-electron chi connectivity index (χ1n) is 6.42. The van der Waals surface area contributed by atoms with Crippen molar-refractivity contribution in [3.05, 3.63) is 17.8 Å². The number of hydrogen-bond donors (Lipinski definition) is 2. The van der Waals surface area contributed by atoms with E-state index in [0.29, 0.717) is 18.6 Å². The van der Waals surface area contributed by atoms with Gasteiger partial charge in [-0.2, -0.15) is 13.2 Å². The summed E-state index contributed by atoms with van der Waals surface area (Å²) in [4.78, 5) is 15.5. The summed E-state index contributed by atoms with van der Waals surface area (Å²) in [6, 6.07) is -0.863. The first kappa shape index (κ1) is 14.7. The van der Waals surface area contributed by atoms with Gasteiger partial charge in [-0.15, -0.1) is 0 Å². The van der Waals surface area contributed by atoms with Gasteiger partial charge < -0.3 is 15.1 Å². The molecule has 0 radical (unpaired) electrons. The SMILES string of the molecule is CCc1cnc(CNC(=O)NC2(C(F)(F)F)CCC2)o1. The van der Waals surface area contributed by atoms with Crippen LogP contribution in [0.4, 0.5) is 18.0 Å². The molecule has 1 saturated carbocycles. The van der Waals surface area contributed by atoms with E-state index in [9.17, 15) is 18.0 Å². The first-order chi connectivity index (χ1) is 9.36. The Morgan fingerprint density at radius 1 is 1.50 bits per heavy atom. The van der Waals surface area contributed by atoms with Crippen molar-refractivity contribution in [3.63, 3.8) is 0 Å². The van der Waals surface area contributed by atoms with Crippen LogP contribution in [0.25, 0.3) is 0 Å². The molecule has 2 amide bonds. The number of urea groups is 1. The third-order valence-electron chi connectivity index (χ3n) is 3.45. The smallest absolute Gasteiger partial charge is 0.411 e. The molecule has 0 unspecified atom stereocenters. The molecule has 0 aliphatic heterocycles. The molecule has 1 aliphatic rings. The van der Waals surface area contributed by atoms with E-state index in [4.69, 9.17) is 4.42 Å². The van der Waals surface area contributed by atoms with Gasteiger partial charge in [0.25, 0.3) is 0 Å². The highest BCUT2D eigenvalue weighted by Crippen LogP contribution is 2.44. The fourth-order valence-electron chi connectivity index (χ4n) is 2.02. The van der Waals surface area contributed by atoms with Crippen LogP contribution in [0.5, 0.6) is 0 Å². The highest BCUT2D eigenvalue weighted by molar-refractivity contribution is 5.75. The van der Waals surface area contributed by atoms with Gasteiger partial charge in [0.15, 0.2) is 0 Å². The Balaban J connectivity index is 1.86. The van der Waals surface area contributed by atoms with Crippen molar-refractivity contribution in [1.82, 2.24) is 15.6 Å². The minimum atomic E-state index is -4.43. The lowest BCUT2D eigenvalue weighted by molar-refractivity contribution is -0.214. The maximum atomic E-state index is 12.9. The van der Waals surface area contributed by atoms with Gasteiger partial charge in [-0.25, -0.2) is 9.78 Å². The van der Waals surface area contributed by atoms with Crippen molar-refractivity contribution in [2.24, 2.45) is 0 Å². The molecular weight excluding hydrogens is 275 g/mol. The molecule has 8 heteroatoms. The summed E-state index contributed by atoms with van der Waals surface area (Å²) in [6.45, 7) is 1.84. The summed E-state index contributed by atoms with van der Waals surface area (Å²) in [5.74, 6) is 0.930. The number of nitrogens with one attached hydrogen (secondary N) is 2. The number of carbonyl (C=O) groups excluding carboxylic acids is 1. The predicted molar refractivity (Wildman–Crippen MR) is 63.9 cm³/mol. The van der Waals surface area contributed by atoms with Crippen molar-refractivity contribution in [3.8, 4) is 0 Å². The molecule has 0 spiro atoms. The molecule has 20 heavy (non-hydrogen) atoms. The lowest BCUT2D eigenvalue weighted by Gasteiger charge is -2.43. The topological polar surface area (TPSA) is 67.2 Å². The normalized spacial score (nSPS) is 17.4. The van der Waals surface area contributed by atoms with Gasteiger partial charge in [0, 0.05) is 6.42 Å². The number of amides is 2. The molecule has 1 aromatic heterocycles. The highest BCUT2D eigenvalue weighted by atomic mass is 19.4. The maximum absolute atomic E-state index is 12.9. The van der Waals surface area contributed by atoms with Gasteiger partial charge in [-0.3, -0.25) is 0 Å². The number of halogens is 3. The Kier molecular flexibility index (Phi) is 3.92. The molecule has 1 aliphatic carbocycles. The molecule has 0 aromatic carbocycles. The second kappa shape index (κ2) is 5.34. The Labute approximate surface area is 113 Å². The molecule has 112 valence electrons. The minimum Gasteiger partial charge on any atom is -0.444 e. The number of aromatic nitrogens is 1. The molecule has 0 atom stereocenters. The zero-order valence-corrected chi connectivity index (χ0v) is 11.0.